The molecule has 0 aliphatic carbocycles. The molecule has 4 aromatic rings. The molecule has 46 heavy (non-hydrogen) atoms. The molecule has 1 amide bonds. The van der Waals surface area contributed by atoms with E-state index >= 15 is 0 Å². The molecule has 1 aliphatic rings. The second-order valence-electron chi connectivity index (χ2n) is 10.4. The van der Waals surface area contributed by atoms with Crippen molar-refractivity contribution in [3.05, 3.63) is 113 Å². The van der Waals surface area contributed by atoms with Gasteiger partial charge in [0.25, 0.3) is 17.2 Å². The van der Waals surface area contributed by atoms with Gasteiger partial charge < -0.3 is 15.0 Å². The summed E-state index contributed by atoms with van der Waals surface area (Å²) in [5.41, 5.74) is -1.11. The Morgan fingerprint density at radius 1 is 1.07 bits per heavy atom. The predicted octanol–water partition coefficient (Wildman–Crippen LogP) is 4.42. The molecule has 1 fully saturated rings. The molecule has 0 spiro atoms. The van der Waals surface area contributed by atoms with Crippen molar-refractivity contribution in [3.63, 3.8) is 0 Å². The summed E-state index contributed by atoms with van der Waals surface area (Å²) in [5, 5.41) is 24.8. The number of alkyl halides is 3. The van der Waals surface area contributed by atoms with Crippen LogP contribution >= 0.6 is 11.3 Å². The zero-order valence-corrected chi connectivity index (χ0v) is 25.4. The molecule has 0 bridgehead atoms. The zero-order chi connectivity index (χ0) is 33.2. The van der Waals surface area contributed by atoms with Gasteiger partial charge in [-0.25, -0.2) is 0 Å². The molecule has 3 aromatic carbocycles. The summed E-state index contributed by atoms with van der Waals surface area (Å²) in [6, 6.07) is 15.7. The van der Waals surface area contributed by atoms with Gasteiger partial charge in [-0.3, -0.25) is 24.3 Å². The van der Waals surface area contributed by atoms with Crippen molar-refractivity contribution in [2.75, 3.05) is 36.5 Å². The van der Waals surface area contributed by atoms with Gasteiger partial charge >= 0.3 is 6.18 Å². The Balaban J connectivity index is 1.76. The molecule has 5 rings (SSSR count). The highest BCUT2D eigenvalue weighted by Gasteiger charge is 2.35. The Kier molecular flexibility index (Phi) is 9.08. The predicted molar refractivity (Wildman–Crippen MR) is 167 cm³/mol. The van der Waals surface area contributed by atoms with Crippen LogP contribution in [-0.4, -0.2) is 41.7 Å². The number of nitriles is 1. The van der Waals surface area contributed by atoms with Crippen molar-refractivity contribution in [3.8, 4) is 11.8 Å². The number of carbonyl (C=O) groups excluding carboxylic acids is 1. The number of ether oxygens (including phenoxy) is 1. The van der Waals surface area contributed by atoms with E-state index in [9.17, 15) is 38.1 Å². The fourth-order valence-electron chi connectivity index (χ4n) is 5.16. The van der Waals surface area contributed by atoms with Gasteiger partial charge in [0.2, 0.25) is 0 Å². The first-order valence-corrected chi connectivity index (χ1v) is 14.8. The number of nitro groups is 1. The normalized spacial score (nSPS) is 14.5. The summed E-state index contributed by atoms with van der Waals surface area (Å²) in [6.45, 7) is 5.17. The summed E-state index contributed by atoms with van der Waals surface area (Å²) in [7, 11) is 0. The largest absolute Gasteiger partial charge is 0.418 e. The number of thiazole rings is 1. The van der Waals surface area contributed by atoms with Crippen molar-refractivity contribution in [1.29, 1.82) is 5.26 Å². The molecule has 1 aromatic heterocycles. The number of hydrogen-bond donors (Lipinski definition) is 1. The minimum atomic E-state index is -4.87. The number of amides is 1. The van der Waals surface area contributed by atoms with Gasteiger partial charge in [0.05, 0.1) is 33.9 Å². The highest BCUT2D eigenvalue weighted by Crippen LogP contribution is 2.33. The molecule has 1 N–H and O–H groups in total. The highest BCUT2D eigenvalue weighted by atomic mass is 32.1. The maximum absolute atomic E-state index is 14.1. The summed E-state index contributed by atoms with van der Waals surface area (Å²) in [4.78, 5) is 40.6. The highest BCUT2D eigenvalue weighted by molar-refractivity contribution is 7.07. The number of nitrogens with one attached hydrogen (secondary N) is 1. The van der Waals surface area contributed by atoms with Gasteiger partial charge in [0, 0.05) is 24.8 Å². The maximum atomic E-state index is 14.1. The molecule has 0 atom stereocenters. The first-order chi connectivity index (χ1) is 21.9. The fraction of sp³-hybridized carbons (Fsp3) is 0.219. The summed E-state index contributed by atoms with van der Waals surface area (Å²) in [6.07, 6.45) is -3.58. The maximum Gasteiger partial charge on any atom is 0.418 e. The van der Waals surface area contributed by atoms with Crippen LogP contribution in [0.15, 0.2) is 65.5 Å². The lowest BCUT2D eigenvalue weighted by molar-refractivity contribution is -0.384. The third kappa shape index (κ3) is 6.42. The fourth-order valence-corrected chi connectivity index (χ4v) is 6.25. The molecule has 1 aliphatic heterocycles. The van der Waals surface area contributed by atoms with Crippen LogP contribution in [0.1, 0.15) is 22.3 Å². The van der Waals surface area contributed by atoms with Crippen LogP contribution in [-0.2, 0) is 15.7 Å². The third-order valence-corrected chi connectivity index (χ3v) is 8.48. The number of aryl methyl sites for hydroxylation is 2. The molecule has 2 heterocycles. The van der Waals surface area contributed by atoms with Gasteiger partial charge in [0.15, 0.2) is 5.57 Å². The van der Waals surface area contributed by atoms with Crippen LogP contribution in [0.4, 0.5) is 30.2 Å². The lowest BCUT2D eigenvalue weighted by Crippen LogP contribution is -2.36. The van der Waals surface area contributed by atoms with Crippen LogP contribution in [0.3, 0.4) is 0 Å². The summed E-state index contributed by atoms with van der Waals surface area (Å²) >= 11 is 0.632. The smallest absolute Gasteiger partial charge is 0.378 e. The second kappa shape index (κ2) is 13.0. The molecule has 0 saturated carbocycles. The average Bonchev–Trinajstić information content (AvgIpc) is 3.34. The van der Waals surface area contributed by atoms with E-state index in [4.69, 9.17) is 4.74 Å². The van der Waals surface area contributed by atoms with Crippen LogP contribution in [0.2, 0.25) is 0 Å². The van der Waals surface area contributed by atoms with Gasteiger partial charge in [-0.05, 0) is 54.8 Å². The number of halogens is 3. The minimum Gasteiger partial charge on any atom is -0.378 e. The topological polar surface area (TPSA) is 130 Å². The number of nitrogens with zero attached hydrogens (tertiary/aromatic N) is 4. The van der Waals surface area contributed by atoms with E-state index < -0.39 is 39.4 Å². The van der Waals surface area contributed by atoms with E-state index in [0.29, 0.717) is 64.7 Å². The number of benzene rings is 3. The molecule has 0 radical (unpaired) electrons. The van der Waals surface area contributed by atoms with E-state index in [0.717, 1.165) is 18.2 Å². The van der Waals surface area contributed by atoms with Gasteiger partial charge in [-0.1, -0.05) is 36.4 Å². The average molecular weight is 650 g/mol. The van der Waals surface area contributed by atoms with Gasteiger partial charge in [-0.2, -0.15) is 18.4 Å². The number of aromatic nitrogens is 1. The van der Waals surface area contributed by atoms with Crippen molar-refractivity contribution < 1.29 is 27.6 Å². The zero-order valence-electron chi connectivity index (χ0n) is 24.6. The quantitative estimate of drug-likeness (QED) is 0.242. The number of morpholine rings is 1. The Labute approximate surface area is 264 Å². The van der Waals surface area contributed by atoms with Crippen molar-refractivity contribution >= 4 is 46.0 Å². The molecule has 1 saturated heterocycles. The van der Waals surface area contributed by atoms with Crippen LogP contribution in [0.25, 0.3) is 17.3 Å². The Morgan fingerprint density at radius 2 is 1.74 bits per heavy atom. The van der Waals surface area contributed by atoms with Crippen molar-refractivity contribution in [2.24, 2.45) is 0 Å². The van der Waals surface area contributed by atoms with Crippen molar-refractivity contribution in [1.82, 2.24) is 4.57 Å². The SMILES string of the molecule is Cc1cccc(C)c1NC(=O)C(C#N)=c1sc(=Cc2ccc(N3CCOCC3)c([N+](=O)[O-])c2)c(=O)n1-c1ccccc1C(F)(F)F. The number of carbonyl (C=O) groups is 1. The Bertz CT molecular complexity index is 2050. The number of nitro benzene ring substituents is 1. The number of rotatable bonds is 6. The molecule has 0 unspecified atom stereocenters. The first kappa shape index (κ1) is 32.1. The first-order valence-electron chi connectivity index (χ1n) is 13.9. The van der Waals surface area contributed by atoms with E-state index in [1.807, 2.05) is 0 Å². The Hall–Kier alpha value is -5.26. The summed E-state index contributed by atoms with van der Waals surface area (Å²) in [5.74, 6) is -0.920. The number of anilines is 2. The lowest BCUT2D eigenvalue weighted by atomic mass is 10.1. The van der Waals surface area contributed by atoms with Crippen LogP contribution in [0.5, 0.6) is 0 Å². The molecule has 10 nitrogen and oxygen atoms in total. The lowest BCUT2D eigenvalue weighted by Gasteiger charge is -2.28. The van der Waals surface area contributed by atoms with Crippen LogP contribution in [0, 0.1) is 35.3 Å². The van der Waals surface area contributed by atoms with E-state index in [1.165, 1.54) is 24.3 Å². The molecule has 236 valence electrons. The second-order valence-corrected chi connectivity index (χ2v) is 11.4. The monoisotopic (exact) mass is 649 g/mol. The standard InChI is InChI=1S/C32H26F3N5O5S/c1-19-6-5-7-20(2)28(19)37-29(41)22(18-36)31-39(24-9-4-3-8-23(24)32(33,34)35)30(42)27(46-31)17-21-10-11-25(26(16-21)40(43)44)38-12-14-45-15-13-38/h3-11,16-17H,12-15H2,1-2H3,(H,37,41). The molecule has 14 heteroatoms. The van der Waals surface area contributed by atoms with Gasteiger partial charge in [-0.15, -0.1) is 11.3 Å². The van der Waals surface area contributed by atoms with Crippen molar-refractivity contribution in [2.45, 2.75) is 20.0 Å². The minimum absolute atomic E-state index is 0.145. The van der Waals surface area contributed by atoms with Gasteiger partial charge in [0.1, 0.15) is 16.4 Å². The summed E-state index contributed by atoms with van der Waals surface area (Å²) < 4.78 is 47.9. The van der Waals surface area contributed by atoms with E-state index in [1.54, 1.807) is 49.1 Å². The molecular formula is C32H26F3N5O5S. The van der Waals surface area contributed by atoms with Crippen LogP contribution < -0.4 is 25.0 Å². The van der Waals surface area contributed by atoms with E-state index in [-0.39, 0.29) is 20.4 Å². The van der Waals surface area contributed by atoms with E-state index in [2.05, 4.69) is 5.32 Å². The number of hydrogen-bond acceptors (Lipinski definition) is 8. The molecular weight excluding hydrogens is 623 g/mol. The Morgan fingerprint density at radius 3 is 2.37 bits per heavy atom. The third-order valence-electron chi connectivity index (χ3n) is 7.39. The number of para-hydroxylation sites is 2.